The quantitative estimate of drug-likeness (QED) is 0.581. The molecule has 23 heavy (non-hydrogen) atoms. The molecule has 0 saturated carbocycles. The molecular weight excluding hydrogens is 340 g/mol. The molecule has 0 fully saturated rings. The number of thiophene rings is 1. The maximum atomic E-state index is 12.4. The van der Waals surface area contributed by atoms with E-state index in [1.807, 2.05) is 6.07 Å². The minimum Gasteiger partial charge on any atom is -0.487 e. The number of carbonyl (C=O) groups excluding carboxylic acids is 1. The van der Waals surface area contributed by atoms with Crippen molar-refractivity contribution >= 4 is 34.5 Å². The Hall–Kier alpha value is -2.12. The highest BCUT2D eigenvalue weighted by Gasteiger charge is 2.20. The lowest BCUT2D eigenvalue weighted by atomic mass is 10.1. The van der Waals surface area contributed by atoms with Crippen LogP contribution in [0.4, 0.5) is 5.69 Å². The molecule has 0 spiro atoms. The summed E-state index contributed by atoms with van der Waals surface area (Å²) in [6, 6.07) is 7.83. The Balaban J connectivity index is 2.21. The standard InChI is InChI=1S/C15H15ClN2O4S/c1-3-22-13-6-4-10(8-12(13)18(20)21)15(19)17(2)9-11-5-7-14(16)23-11/h4-8H,3,9H2,1-2H3. The lowest BCUT2D eigenvalue weighted by Gasteiger charge is -2.16. The predicted molar refractivity (Wildman–Crippen MR) is 89.4 cm³/mol. The largest absolute Gasteiger partial charge is 0.487 e. The van der Waals surface area contributed by atoms with Crippen molar-refractivity contribution in [3.8, 4) is 5.75 Å². The molecule has 0 aliphatic heterocycles. The van der Waals surface area contributed by atoms with E-state index in [-0.39, 0.29) is 22.9 Å². The molecule has 0 unspecified atom stereocenters. The molecule has 122 valence electrons. The van der Waals surface area contributed by atoms with Gasteiger partial charge in [0.15, 0.2) is 5.75 Å². The van der Waals surface area contributed by atoms with Crippen LogP contribution in [0.1, 0.15) is 22.2 Å². The second-order valence-electron chi connectivity index (χ2n) is 4.74. The van der Waals surface area contributed by atoms with Crippen LogP contribution in [0.3, 0.4) is 0 Å². The van der Waals surface area contributed by atoms with Crippen LogP contribution in [0.5, 0.6) is 5.75 Å². The van der Waals surface area contributed by atoms with Gasteiger partial charge in [-0.15, -0.1) is 11.3 Å². The van der Waals surface area contributed by atoms with Gasteiger partial charge in [-0.1, -0.05) is 11.6 Å². The monoisotopic (exact) mass is 354 g/mol. The number of ether oxygens (including phenoxy) is 1. The third-order valence-corrected chi connectivity index (χ3v) is 4.29. The number of hydrogen-bond donors (Lipinski definition) is 0. The van der Waals surface area contributed by atoms with Crippen LogP contribution >= 0.6 is 22.9 Å². The summed E-state index contributed by atoms with van der Waals surface area (Å²) in [6.45, 7) is 2.44. The number of hydrogen-bond acceptors (Lipinski definition) is 5. The van der Waals surface area contributed by atoms with Gasteiger partial charge in [0.05, 0.1) is 22.4 Å². The van der Waals surface area contributed by atoms with Gasteiger partial charge in [0.2, 0.25) is 0 Å². The van der Waals surface area contributed by atoms with Crippen LogP contribution in [-0.2, 0) is 6.54 Å². The first-order valence-electron chi connectivity index (χ1n) is 6.83. The van der Waals surface area contributed by atoms with Gasteiger partial charge >= 0.3 is 5.69 Å². The molecular formula is C15H15ClN2O4S. The number of nitrogens with zero attached hydrogens (tertiary/aromatic N) is 2. The molecule has 0 N–H and O–H groups in total. The second kappa shape index (κ2) is 7.43. The Labute approximate surface area is 142 Å². The highest BCUT2D eigenvalue weighted by atomic mass is 35.5. The van der Waals surface area contributed by atoms with E-state index in [2.05, 4.69) is 0 Å². The van der Waals surface area contributed by atoms with Gasteiger partial charge in [0.1, 0.15) is 0 Å². The Morgan fingerprint density at radius 1 is 1.39 bits per heavy atom. The van der Waals surface area contributed by atoms with Crippen LogP contribution in [0, 0.1) is 10.1 Å². The van der Waals surface area contributed by atoms with Crippen LogP contribution in [0.15, 0.2) is 30.3 Å². The zero-order valence-corrected chi connectivity index (χ0v) is 14.2. The summed E-state index contributed by atoms with van der Waals surface area (Å²) in [4.78, 5) is 25.4. The first-order chi connectivity index (χ1) is 10.9. The van der Waals surface area contributed by atoms with Crippen molar-refractivity contribution in [2.24, 2.45) is 0 Å². The number of amides is 1. The van der Waals surface area contributed by atoms with Crippen LogP contribution < -0.4 is 4.74 Å². The average molecular weight is 355 g/mol. The van der Waals surface area contributed by atoms with Gasteiger partial charge in [0.25, 0.3) is 5.91 Å². The summed E-state index contributed by atoms with van der Waals surface area (Å²) in [7, 11) is 1.64. The first-order valence-corrected chi connectivity index (χ1v) is 8.02. The molecule has 0 aliphatic carbocycles. The van der Waals surface area contributed by atoms with Gasteiger partial charge in [-0.25, -0.2) is 0 Å². The Kier molecular flexibility index (Phi) is 5.57. The van der Waals surface area contributed by atoms with Gasteiger partial charge in [0, 0.05) is 23.6 Å². The van der Waals surface area contributed by atoms with Crippen LogP contribution in [-0.4, -0.2) is 29.4 Å². The summed E-state index contributed by atoms with van der Waals surface area (Å²) in [5, 5.41) is 11.1. The van der Waals surface area contributed by atoms with Crippen LogP contribution in [0.25, 0.3) is 0 Å². The molecule has 8 heteroatoms. The fourth-order valence-corrected chi connectivity index (χ4v) is 3.17. The fraction of sp³-hybridized carbons (Fsp3) is 0.267. The smallest absolute Gasteiger partial charge is 0.311 e. The summed E-state index contributed by atoms with van der Waals surface area (Å²) in [6.07, 6.45) is 0. The normalized spacial score (nSPS) is 10.4. The van der Waals surface area contributed by atoms with Crippen molar-refractivity contribution in [1.29, 1.82) is 0 Å². The van der Waals surface area contributed by atoms with Crippen molar-refractivity contribution in [3.63, 3.8) is 0 Å². The summed E-state index contributed by atoms with van der Waals surface area (Å²) >= 11 is 7.26. The molecule has 0 saturated heterocycles. The average Bonchev–Trinajstić information content (AvgIpc) is 2.92. The molecule has 0 radical (unpaired) electrons. The molecule has 1 amide bonds. The van der Waals surface area contributed by atoms with E-state index in [0.29, 0.717) is 17.5 Å². The highest BCUT2D eigenvalue weighted by molar-refractivity contribution is 7.16. The zero-order valence-electron chi connectivity index (χ0n) is 12.6. The van der Waals surface area contributed by atoms with Crippen molar-refractivity contribution < 1.29 is 14.5 Å². The first kappa shape index (κ1) is 17.2. The second-order valence-corrected chi connectivity index (χ2v) is 6.54. The topological polar surface area (TPSA) is 72.7 Å². The van der Waals surface area contributed by atoms with E-state index in [1.54, 1.807) is 20.0 Å². The summed E-state index contributed by atoms with van der Waals surface area (Å²) in [5.74, 6) is -0.151. The van der Waals surface area contributed by atoms with Gasteiger partial charge in [-0.05, 0) is 31.2 Å². The number of benzene rings is 1. The molecule has 0 bridgehead atoms. The SMILES string of the molecule is CCOc1ccc(C(=O)N(C)Cc2ccc(Cl)s2)cc1[N+](=O)[O-]. The Bertz CT molecular complexity index is 732. The number of rotatable bonds is 6. The zero-order chi connectivity index (χ0) is 17.0. The third kappa shape index (κ3) is 4.20. The predicted octanol–water partition coefficient (Wildman–Crippen LogP) is 3.98. The lowest BCUT2D eigenvalue weighted by Crippen LogP contribution is -2.25. The molecule has 1 heterocycles. The van der Waals surface area contributed by atoms with Crippen molar-refractivity contribution in [3.05, 3.63) is 55.2 Å². The van der Waals surface area contributed by atoms with Gasteiger partial charge in [-0.2, -0.15) is 0 Å². The minimum atomic E-state index is -0.555. The van der Waals surface area contributed by atoms with E-state index in [4.69, 9.17) is 16.3 Å². The number of carbonyl (C=O) groups is 1. The molecule has 1 aromatic heterocycles. The summed E-state index contributed by atoms with van der Waals surface area (Å²) in [5.41, 5.74) is 0.0237. The van der Waals surface area contributed by atoms with E-state index < -0.39 is 4.92 Å². The van der Waals surface area contributed by atoms with E-state index >= 15 is 0 Å². The number of nitro groups is 1. The Morgan fingerprint density at radius 2 is 2.13 bits per heavy atom. The fourth-order valence-electron chi connectivity index (χ4n) is 2.03. The molecule has 0 atom stereocenters. The Morgan fingerprint density at radius 3 is 2.70 bits per heavy atom. The molecule has 1 aromatic carbocycles. The van der Waals surface area contributed by atoms with E-state index in [1.165, 1.54) is 34.4 Å². The molecule has 2 rings (SSSR count). The summed E-state index contributed by atoms with van der Waals surface area (Å²) < 4.78 is 5.86. The van der Waals surface area contributed by atoms with E-state index in [0.717, 1.165) is 4.88 Å². The van der Waals surface area contributed by atoms with Crippen molar-refractivity contribution in [2.75, 3.05) is 13.7 Å². The highest BCUT2D eigenvalue weighted by Crippen LogP contribution is 2.29. The molecule has 2 aromatic rings. The maximum absolute atomic E-state index is 12.4. The number of halogens is 1. The lowest BCUT2D eigenvalue weighted by molar-refractivity contribution is -0.385. The molecule has 6 nitrogen and oxygen atoms in total. The molecule has 0 aliphatic rings. The minimum absolute atomic E-state index is 0.154. The maximum Gasteiger partial charge on any atom is 0.311 e. The van der Waals surface area contributed by atoms with Crippen LogP contribution in [0.2, 0.25) is 4.34 Å². The third-order valence-electron chi connectivity index (χ3n) is 3.07. The van der Waals surface area contributed by atoms with Gasteiger partial charge in [-0.3, -0.25) is 14.9 Å². The van der Waals surface area contributed by atoms with Gasteiger partial charge < -0.3 is 9.64 Å². The van der Waals surface area contributed by atoms with Crippen molar-refractivity contribution in [2.45, 2.75) is 13.5 Å². The number of nitro benzene ring substituents is 1. The van der Waals surface area contributed by atoms with Crippen molar-refractivity contribution in [1.82, 2.24) is 4.90 Å². The van der Waals surface area contributed by atoms with E-state index in [9.17, 15) is 14.9 Å².